The molecule has 34 heavy (non-hydrogen) atoms. The first kappa shape index (κ1) is 25.0. The average Bonchev–Trinajstić information content (AvgIpc) is 2.85. The lowest BCUT2D eigenvalue weighted by Gasteiger charge is -2.29. The Morgan fingerprint density at radius 1 is 0.941 bits per heavy atom. The highest BCUT2D eigenvalue weighted by molar-refractivity contribution is 6.30. The van der Waals surface area contributed by atoms with E-state index in [1.165, 1.54) is 12.1 Å². The van der Waals surface area contributed by atoms with Crippen LogP contribution in [-0.4, -0.2) is 25.9 Å². The standard InChI is InChI=1S/C27H28ClF3O3/c1-2-3-4-11-32-21-15-33-27(34-16-21)20-9-10-22-19(14-20)8-7-18(26(22)31)6-5-17-12-23(29)25(28)24(30)13-17/h7-10,12-14,21,27H,2-6,11,15-16H2,1H3. The summed E-state index contributed by atoms with van der Waals surface area (Å²) in [6, 6.07) is 11.3. The lowest BCUT2D eigenvalue weighted by Crippen LogP contribution is -2.33. The van der Waals surface area contributed by atoms with Gasteiger partial charge >= 0.3 is 0 Å². The van der Waals surface area contributed by atoms with Crippen molar-refractivity contribution in [3.63, 3.8) is 0 Å². The van der Waals surface area contributed by atoms with E-state index in [1.807, 2.05) is 12.1 Å². The number of unbranched alkanes of at least 4 members (excludes halogenated alkanes) is 2. The number of halogens is 4. The van der Waals surface area contributed by atoms with Gasteiger partial charge in [0.2, 0.25) is 0 Å². The lowest BCUT2D eigenvalue weighted by molar-refractivity contribution is -0.230. The molecule has 0 N–H and O–H groups in total. The fourth-order valence-corrected chi connectivity index (χ4v) is 4.21. The van der Waals surface area contributed by atoms with Gasteiger partial charge in [-0.3, -0.25) is 0 Å². The Morgan fingerprint density at radius 3 is 2.38 bits per heavy atom. The molecule has 1 saturated heterocycles. The van der Waals surface area contributed by atoms with Gasteiger partial charge in [0, 0.05) is 17.6 Å². The van der Waals surface area contributed by atoms with Gasteiger partial charge in [-0.25, -0.2) is 13.2 Å². The van der Waals surface area contributed by atoms with E-state index in [-0.39, 0.29) is 18.3 Å². The Labute approximate surface area is 202 Å². The third-order valence-electron chi connectivity index (χ3n) is 6.03. The molecular formula is C27H28ClF3O3. The zero-order valence-electron chi connectivity index (χ0n) is 19.1. The van der Waals surface area contributed by atoms with Crippen molar-refractivity contribution in [1.29, 1.82) is 0 Å². The molecule has 3 nitrogen and oxygen atoms in total. The molecule has 0 aliphatic carbocycles. The summed E-state index contributed by atoms with van der Waals surface area (Å²) in [6.45, 7) is 3.76. The highest BCUT2D eigenvalue weighted by Gasteiger charge is 2.24. The van der Waals surface area contributed by atoms with E-state index < -0.39 is 22.9 Å². The van der Waals surface area contributed by atoms with Gasteiger partial charge in [0.25, 0.3) is 0 Å². The number of ether oxygens (including phenoxy) is 3. The van der Waals surface area contributed by atoms with Crippen molar-refractivity contribution in [2.24, 2.45) is 0 Å². The normalized spacial score (nSPS) is 18.5. The van der Waals surface area contributed by atoms with E-state index >= 15 is 4.39 Å². The van der Waals surface area contributed by atoms with Crippen LogP contribution in [0.3, 0.4) is 0 Å². The summed E-state index contributed by atoms with van der Waals surface area (Å²) in [5.74, 6) is -1.97. The maximum Gasteiger partial charge on any atom is 0.184 e. The third kappa shape index (κ3) is 5.92. The van der Waals surface area contributed by atoms with Crippen molar-refractivity contribution < 1.29 is 27.4 Å². The van der Waals surface area contributed by atoms with E-state index in [1.54, 1.807) is 18.2 Å². The summed E-state index contributed by atoms with van der Waals surface area (Å²) >= 11 is 5.53. The molecule has 0 radical (unpaired) electrons. The first-order valence-electron chi connectivity index (χ1n) is 11.7. The fraction of sp³-hybridized carbons (Fsp3) is 0.407. The lowest BCUT2D eigenvalue weighted by atomic mass is 9.99. The van der Waals surface area contributed by atoms with E-state index in [0.717, 1.165) is 30.2 Å². The number of hydrogen-bond acceptors (Lipinski definition) is 3. The highest BCUT2D eigenvalue weighted by atomic mass is 35.5. The quantitative estimate of drug-likeness (QED) is 0.231. The number of rotatable bonds is 9. The van der Waals surface area contributed by atoms with Crippen LogP contribution < -0.4 is 0 Å². The minimum Gasteiger partial charge on any atom is -0.373 e. The van der Waals surface area contributed by atoms with Gasteiger partial charge in [-0.1, -0.05) is 55.6 Å². The van der Waals surface area contributed by atoms with Crippen LogP contribution in [0.25, 0.3) is 10.8 Å². The number of aryl methyl sites for hydroxylation is 2. The van der Waals surface area contributed by atoms with Gasteiger partial charge in [0.05, 0.1) is 13.2 Å². The molecule has 0 amide bonds. The zero-order chi connectivity index (χ0) is 24.1. The van der Waals surface area contributed by atoms with Crippen LogP contribution >= 0.6 is 11.6 Å². The SMILES string of the molecule is CCCCCOC1COC(c2ccc3c(F)c(CCc4cc(F)c(Cl)c(F)c4)ccc3c2)OC1. The Morgan fingerprint density at radius 2 is 1.68 bits per heavy atom. The minimum atomic E-state index is -0.815. The van der Waals surface area contributed by atoms with Crippen LogP contribution in [0.4, 0.5) is 13.2 Å². The molecular weight excluding hydrogens is 465 g/mol. The smallest absolute Gasteiger partial charge is 0.184 e. The maximum absolute atomic E-state index is 15.1. The first-order valence-corrected chi connectivity index (χ1v) is 12.0. The van der Waals surface area contributed by atoms with Crippen LogP contribution in [-0.2, 0) is 27.1 Å². The third-order valence-corrected chi connectivity index (χ3v) is 6.39. The molecule has 0 spiro atoms. The molecule has 182 valence electrons. The average molecular weight is 493 g/mol. The van der Waals surface area contributed by atoms with Gasteiger partial charge in [-0.2, -0.15) is 0 Å². The first-order chi connectivity index (χ1) is 16.5. The minimum absolute atomic E-state index is 0.0730. The monoisotopic (exact) mass is 492 g/mol. The second-order valence-corrected chi connectivity index (χ2v) is 8.97. The van der Waals surface area contributed by atoms with Gasteiger partial charge < -0.3 is 14.2 Å². The zero-order valence-corrected chi connectivity index (χ0v) is 19.8. The summed E-state index contributed by atoms with van der Waals surface area (Å²) in [5.41, 5.74) is 1.72. The fourth-order valence-electron chi connectivity index (χ4n) is 4.10. The highest BCUT2D eigenvalue weighted by Crippen LogP contribution is 2.30. The second kappa shape index (κ2) is 11.5. The molecule has 0 atom stereocenters. The Balaban J connectivity index is 1.39. The largest absolute Gasteiger partial charge is 0.373 e. The number of fused-ring (bicyclic) bond motifs is 1. The van der Waals surface area contributed by atoms with Crippen molar-refractivity contribution >= 4 is 22.4 Å². The molecule has 1 aliphatic rings. The van der Waals surface area contributed by atoms with Crippen LogP contribution in [0.1, 0.15) is 49.2 Å². The molecule has 0 unspecified atom stereocenters. The van der Waals surface area contributed by atoms with Gasteiger partial charge in [0.15, 0.2) is 6.29 Å². The van der Waals surface area contributed by atoms with Crippen LogP contribution in [0, 0.1) is 17.5 Å². The Kier molecular flexibility index (Phi) is 8.48. The van der Waals surface area contributed by atoms with E-state index in [9.17, 15) is 8.78 Å². The number of hydrogen-bond donors (Lipinski definition) is 0. The predicted octanol–water partition coefficient (Wildman–Crippen LogP) is 7.32. The summed E-state index contributed by atoms with van der Waals surface area (Å²) < 4.78 is 60.0. The molecule has 3 aromatic rings. The van der Waals surface area contributed by atoms with Crippen molar-refractivity contribution in [2.45, 2.75) is 51.4 Å². The predicted molar refractivity (Wildman–Crippen MR) is 127 cm³/mol. The molecule has 4 rings (SSSR count). The molecule has 1 heterocycles. The summed E-state index contributed by atoms with van der Waals surface area (Å²) in [6.07, 6.45) is 3.33. The molecule has 0 aromatic heterocycles. The van der Waals surface area contributed by atoms with Crippen molar-refractivity contribution in [3.8, 4) is 0 Å². The van der Waals surface area contributed by atoms with E-state index in [0.29, 0.717) is 42.8 Å². The van der Waals surface area contributed by atoms with Crippen LogP contribution in [0.2, 0.25) is 5.02 Å². The van der Waals surface area contributed by atoms with Crippen LogP contribution in [0.15, 0.2) is 42.5 Å². The molecule has 7 heteroatoms. The summed E-state index contributed by atoms with van der Waals surface area (Å²) in [4.78, 5) is 0. The molecule has 0 bridgehead atoms. The van der Waals surface area contributed by atoms with E-state index in [2.05, 4.69) is 6.92 Å². The van der Waals surface area contributed by atoms with Gasteiger partial charge in [0.1, 0.15) is 28.6 Å². The van der Waals surface area contributed by atoms with E-state index in [4.69, 9.17) is 25.8 Å². The second-order valence-electron chi connectivity index (χ2n) is 8.59. The van der Waals surface area contributed by atoms with Crippen LogP contribution in [0.5, 0.6) is 0 Å². The molecule has 3 aromatic carbocycles. The van der Waals surface area contributed by atoms with Crippen molar-refractivity contribution in [2.75, 3.05) is 19.8 Å². The summed E-state index contributed by atoms with van der Waals surface area (Å²) in [7, 11) is 0. The topological polar surface area (TPSA) is 27.7 Å². The number of benzene rings is 3. The van der Waals surface area contributed by atoms with Crippen molar-refractivity contribution in [1.82, 2.24) is 0 Å². The molecule has 1 aliphatic heterocycles. The molecule has 1 fully saturated rings. The molecule has 0 saturated carbocycles. The van der Waals surface area contributed by atoms with Gasteiger partial charge in [-0.05, 0) is 54.0 Å². The Bertz CT molecular complexity index is 1110. The van der Waals surface area contributed by atoms with Crippen molar-refractivity contribution in [3.05, 3.63) is 81.6 Å². The maximum atomic E-state index is 15.1. The van der Waals surface area contributed by atoms with Gasteiger partial charge in [-0.15, -0.1) is 0 Å². The Hall–Kier alpha value is -2.12. The summed E-state index contributed by atoms with van der Waals surface area (Å²) in [5, 5.41) is 0.674.